The van der Waals surface area contributed by atoms with Crippen molar-refractivity contribution < 1.29 is 19.2 Å². The first-order chi connectivity index (χ1) is 17.1. The van der Waals surface area contributed by atoms with Gasteiger partial charge >= 0.3 is 0 Å². The van der Waals surface area contributed by atoms with E-state index >= 15 is 0 Å². The van der Waals surface area contributed by atoms with Crippen molar-refractivity contribution in [3.63, 3.8) is 0 Å². The molecule has 4 rings (SSSR count). The van der Waals surface area contributed by atoms with E-state index in [2.05, 4.69) is 35.1 Å². The average Bonchev–Trinajstić information content (AvgIpc) is 3.74. The Morgan fingerprint density at radius 1 is 0.943 bits per heavy atom. The third-order valence-electron chi connectivity index (χ3n) is 5.72. The van der Waals surface area contributed by atoms with E-state index in [0.29, 0.717) is 30.4 Å². The van der Waals surface area contributed by atoms with Crippen LogP contribution in [0.15, 0.2) is 84.6 Å². The predicted octanol–water partition coefficient (Wildman–Crippen LogP) is 5.02. The van der Waals surface area contributed by atoms with Crippen LogP contribution in [0.3, 0.4) is 0 Å². The Kier molecular flexibility index (Phi) is 8.30. The van der Waals surface area contributed by atoms with Crippen LogP contribution in [0.25, 0.3) is 6.08 Å². The standard InChI is InChI=1S/C29H30N2O4/c1-2-35-31-29(33)27(20-22-8-10-23(11-9-22)24-12-13-24)30-28(32)25-14-16-26(17-15-25)34-19-18-21-6-4-3-5-7-21/h3-11,14-17,20,24H,2,12-13,18-19H2,1H3,(H,30,32)(H,31,33)/b27-20-. The molecule has 0 bridgehead atoms. The molecule has 180 valence electrons. The molecule has 0 atom stereocenters. The van der Waals surface area contributed by atoms with Gasteiger partial charge in [-0.05, 0) is 72.7 Å². The highest BCUT2D eigenvalue weighted by Crippen LogP contribution is 2.39. The molecule has 0 heterocycles. The Bertz CT molecular complexity index is 1150. The van der Waals surface area contributed by atoms with Crippen molar-refractivity contribution in [1.82, 2.24) is 10.8 Å². The number of ether oxygens (including phenoxy) is 1. The van der Waals surface area contributed by atoms with E-state index in [1.165, 1.54) is 24.0 Å². The van der Waals surface area contributed by atoms with Crippen LogP contribution in [0.2, 0.25) is 0 Å². The maximum atomic E-state index is 12.9. The molecule has 0 unspecified atom stereocenters. The highest BCUT2D eigenvalue weighted by molar-refractivity contribution is 6.05. The van der Waals surface area contributed by atoms with Crippen LogP contribution in [-0.2, 0) is 16.1 Å². The molecule has 1 aliphatic carbocycles. The lowest BCUT2D eigenvalue weighted by molar-refractivity contribution is -0.129. The highest BCUT2D eigenvalue weighted by Gasteiger charge is 2.23. The molecule has 0 aromatic heterocycles. The molecule has 2 N–H and O–H groups in total. The first-order valence-electron chi connectivity index (χ1n) is 11.9. The first-order valence-corrected chi connectivity index (χ1v) is 11.9. The zero-order valence-corrected chi connectivity index (χ0v) is 19.8. The van der Waals surface area contributed by atoms with E-state index in [4.69, 9.17) is 9.57 Å². The van der Waals surface area contributed by atoms with Crippen molar-refractivity contribution in [2.45, 2.75) is 32.1 Å². The van der Waals surface area contributed by atoms with Crippen molar-refractivity contribution in [1.29, 1.82) is 0 Å². The molecule has 2 amide bonds. The SMILES string of the molecule is CCONC(=O)/C(=C/c1ccc(C2CC2)cc1)NC(=O)c1ccc(OCCc2ccccc2)cc1. The van der Waals surface area contributed by atoms with Gasteiger partial charge in [-0.25, -0.2) is 5.48 Å². The second kappa shape index (κ2) is 12.0. The first kappa shape index (κ1) is 24.2. The Morgan fingerprint density at radius 3 is 2.31 bits per heavy atom. The van der Waals surface area contributed by atoms with Gasteiger partial charge in [-0.2, -0.15) is 0 Å². The molecule has 35 heavy (non-hydrogen) atoms. The molecule has 0 saturated heterocycles. The lowest BCUT2D eigenvalue weighted by atomic mass is 10.1. The minimum Gasteiger partial charge on any atom is -0.493 e. The lowest BCUT2D eigenvalue weighted by Crippen LogP contribution is -2.34. The summed E-state index contributed by atoms with van der Waals surface area (Å²) in [5, 5.41) is 2.71. The Labute approximate surface area is 205 Å². The summed E-state index contributed by atoms with van der Waals surface area (Å²) >= 11 is 0. The van der Waals surface area contributed by atoms with E-state index in [9.17, 15) is 9.59 Å². The van der Waals surface area contributed by atoms with Crippen LogP contribution in [0.4, 0.5) is 0 Å². The fourth-order valence-corrected chi connectivity index (χ4v) is 3.63. The summed E-state index contributed by atoms with van der Waals surface area (Å²) in [7, 11) is 0. The minimum absolute atomic E-state index is 0.103. The van der Waals surface area contributed by atoms with E-state index in [1.54, 1.807) is 37.3 Å². The van der Waals surface area contributed by atoms with E-state index in [1.807, 2.05) is 30.3 Å². The van der Waals surface area contributed by atoms with Crippen molar-refractivity contribution >= 4 is 17.9 Å². The largest absolute Gasteiger partial charge is 0.493 e. The van der Waals surface area contributed by atoms with Crippen LogP contribution in [0.1, 0.15) is 52.7 Å². The summed E-state index contributed by atoms with van der Waals surface area (Å²) < 4.78 is 5.79. The molecular formula is C29H30N2O4. The van der Waals surface area contributed by atoms with Gasteiger partial charge in [0.1, 0.15) is 11.4 Å². The summed E-state index contributed by atoms with van der Waals surface area (Å²) in [6, 6.07) is 25.0. The number of amides is 2. The smallest absolute Gasteiger partial charge is 0.291 e. The van der Waals surface area contributed by atoms with Gasteiger partial charge in [-0.1, -0.05) is 54.6 Å². The molecule has 3 aromatic rings. The number of hydrogen-bond acceptors (Lipinski definition) is 4. The van der Waals surface area contributed by atoms with Crippen molar-refractivity contribution in [3.8, 4) is 5.75 Å². The van der Waals surface area contributed by atoms with Crippen molar-refractivity contribution in [2.24, 2.45) is 0 Å². The topological polar surface area (TPSA) is 76.7 Å². The van der Waals surface area contributed by atoms with E-state index in [-0.39, 0.29) is 5.70 Å². The number of hydrogen-bond donors (Lipinski definition) is 2. The molecule has 0 radical (unpaired) electrons. The second-order valence-corrected chi connectivity index (χ2v) is 8.43. The van der Waals surface area contributed by atoms with Crippen molar-refractivity contribution in [2.75, 3.05) is 13.2 Å². The van der Waals surface area contributed by atoms with Gasteiger partial charge in [-0.15, -0.1) is 0 Å². The molecule has 0 spiro atoms. The predicted molar refractivity (Wildman–Crippen MR) is 136 cm³/mol. The van der Waals surface area contributed by atoms with Gasteiger partial charge in [-0.3, -0.25) is 14.4 Å². The average molecular weight is 471 g/mol. The number of nitrogens with one attached hydrogen (secondary N) is 2. The van der Waals surface area contributed by atoms with Gasteiger partial charge in [0.25, 0.3) is 11.8 Å². The number of benzene rings is 3. The summed E-state index contributed by atoms with van der Waals surface area (Å²) in [6.07, 6.45) is 4.89. The molecule has 6 heteroatoms. The fourth-order valence-electron chi connectivity index (χ4n) is 3.63. The summed E-state index contributed by atoms with van der Waals surface area (Å²) in [5.74, 6) is 0.414. The van der Waals surface area contributed by atoms with Crippen LogP contribution in [0.5, 0.6) is 5.75 Å². The van der Waals surface area contributed by atoms with Crippen LogP contribution in [-0.4, -0.2) is 25.0 Å². The van der Waals surface area contributed by atoms with Gasteiger partial charge in [0.05, 0.1) is 13.2 Å². The monoisotopic (exact) mass is 470 g/mol. The Morgan fingerprint density at radius 2 is 1.66 bits per heavy atom. The normalized spacial score (nSPS) is 13.2. The molecule has 0 aliphatic heterocycles. The summed E-state index contributed by atoms with van der Waals surface area (Å²) in [6.45, 7) is 2.62. The third-order valence-corrected chi connectivity index (χ3v) is 5.72. The van der Waals surface area contributed by atoms with Crippen LogP contribution >= 0.6 is 0 Å². The van der Waals surface area contributed by atoms with Gasteiger partial charge < -0.3 is 10.1 Å². The van der Waals surface area contributed by atoms with E-state index < -0.39 is 11.8 Å². The van der Waals surface area contributed by atoms with Crippen LogP contribution < -0.4 is 15.5 Å². The zero-order valence-electron chi connectivity index (χ0n) is 19.8. The third kappa shape index (κ3) is 7.29. The second-order valence-electron chi connectivity index (χ2n) is 8.43. The molecule has 3 aromatic carbocycles. The quantitative estimate of drug-likeness (QED) is 0.305. The van der Waals surface area contributed by atoms with Crippen LogP contribution in [0, 0.1) is 0 Å². The molecule has 6 nitrogen and oxygen atoms in total. The van der Waals surface area contributed by atoms with Crippen molar-refractivity contribution in [3.05, 3.63) is 107 Å². The minimum atomic E-state index is -0.521. The maximum absolute atomic E-state index is 12.9. The maximum Gasteiger partial charge on any atom is 0.291 e. The lowest BCUT2D eigenvalue weighted by Gasteiger charge is -2.11. The highest BCUT2D eigenvalue weighted by atomic mass is 16.6. The number of rotatable bonds is 11. The Hall–Kier alpha value is -3.90. The summed E-state index contributed by atoms with van der Waals surface area (Å²) in [5.41, 5.74) is 6.20. The number of carbonyl (C=O) groups is 2. The Balaban J connectivity index is 1.39. The molecule has 1 aliphatic rings. The fraction of sp³-hybridized carbons (Fsp3) is 0.241. The molecule has 1 saturated carbocycles. The van der Waals surface area contributed by atoms with Gasteiger partial charge in [0, 0.05) is 12.0 Å². The number of hydroxylamine groups is 1. The van der Waals surface area contributed by atoms with E-state index in [0.717, 1.165) is 12.0 Å². The molecular weight excluding hydrogens is 440 g/mol. The number of carbonyl (C=O) groups excluding carboxylic acids is 2. The molecule has 1 fully saturated rings. The zero-order chi connectivity index (χ0) is 24.5. The summed E-state index contributed by atoms with van der Waals surface area (Å²) in [4.78, 5) is 30.5. The van der Waals surface area contributed by atoms with Gasteiger partial charge in [0.2, 0.25) is 0 Å². The van der Waals surface area contributed by atoms with Gasteiger partial charge in [0.15, 0.2) is 0 Å².